The lowest BCUT2D eigenvalue weighted by molar-refractivity contribution is -0.146. The molecule has 0 saturated carbocycles. The zero-order valence-corrected chi connectivity index (χ0v) is 34.5. The molecule has 2 aromatic heterocycles. The van der Waals surface area contributed by atoms with E-state index in [1.807, 2.05) is 107 Å². The van der Waals surface area contributed by atoms with Gasteiger partial charge in [0, 0.05) is 36.1 Å². The van der Waals surface area contributed by atoms with Crippen molar-refractivity contribution in [1.82, 2.24) is 19.6 Å². The average Bonchev–Trinajstić information content (AvgIpc) is 3.91. The summed E-state index contributed by atoms with van der Waals surface area (Å²) in [6.45, 7) is 7.74. The molecule has 1 unspecified atom stereocenters. The Labute approximate surface area is 339 Å². The van der Waals surface area contributed by atoms with Gasteiger partial charge in [-0.15, -0.1) is 5.10 Å². The number of carbonyl (C=O) groups excluding carboxylic acids is 1. The minimum atomic E-state index is -2.37. The third kappa shape index (κ3) is 6.74. The predicted octanol–water partition coefficient (Wildman–Crippen LogP) is 6.42. The molecular weight excluding hydrogens is 747 g/mol. The normalized spacial score (nSPS) is 20.7. The summed E-state index contributed by atoms with van der Waals surface area (Å²) in [6, 6.07) is 37.3. The van der Waals surface area contributed by atoms with E-state index in [4.69, 9.17) is 14.2 Å². The number of rotatable bonds is 13. The summed E-state index contributed by atoms with van der Waals surface area (Å²) in [5, 5.41) is 20.5. The van der Waals surface area contributed by atoms with Crippen molar-refractivity contribution in [3.8, 4) is 17.2 Å². The molecule has 1 N–H and O–H groups in total. The minimum absolute atomic E-state index is 0.0517. The van der Waals surface area contributed by atoms with E-state index < -0.39 is 13.7 Å². The number of pyridine rings is 1. The summed E-state index contributed by atoms with van der Waals surface area (Å²) in [7, 11) is 0.791. The van der Waals surface area contributed by atoms with Gasteiger partial charge in [0.2, 0.25) is 0 Å². The zero-order valence-electron chi connectivity index (χ0n) is 33.5. The SMILES string of the molecule is COc1ccc([Si](C)(C)[C@H]2[C@H](CCn3cc(C(CO)c4ccccc4)nn3)O[C@@]3(C(=O)N(Cc4ccc(-n5cccc(OC)c5=O)cc4)c4ccccc43)[C@@H]2C)cc1. The van der Waals surface area contributed by atoms with E-state index in [-0.39, 0.29) is 47.3 Å². The van der Waals surface area contributed by atoms with E-state index in [2.05, 4.69) is 42.5 Å². The van der Waals surface area contributed by atoms with Crippen molar-refractivity contribution in [2.24, 2.45) is 5.92 Å². The van der Waals surface area contributed by atoms with Gasteiger partial charge in [0.1, 0.15) is 5.75 Å². The monoisotopic (exact) mass is 795 g/mol. The Balaban J connectivity index is 1.12. The van der Waals surface area contributed by atoms with E-state index in [9.17, 15) is 9.90 Å². The number of nitrogens with zero attached hydrogens (tertiary/aromatic N) is 5. The number of aliphatic hydroxyl groups is 1. The second-order valence-electron chi connectivity index (χ2n) is 15.8. The smallest absolute Gasteiger partial charge is 0.297 e. The van der Waals surface area contributed by atoms with Gasteiger partial charge in [-0.2, -0.15) is 0 Å². The lowest BCUT2D eigenvalue weighted by atomic mass is 9.82. The van der Waals surface area contributed by atoms with Crippen molar-refractivity contribution < 1.29 is 24.1 Å². The molecule has 1 saturated heterocycles. The summed E-state index contributed by atoms with van der Waals surface area (Å²) in [4.78, 5) is 30.1. The number of ether oxygens (including phenoxy) is 3. The van der Waals surface area contributed by atoms with E-state index in [1.54, 1.807) is 30.0 Å². The van der Waals surface area contributed by atoms with Gasteiger partial charge in [-0.25, -0.2) is 0 Å². The summed E-state index contributed by atoms with van der Waals surface area (Å²) in [6.07, 6.45) is 3.97. The molecule has 12 heteroatoms. The summed E-state index contributed by atoms with van der Waals surface area (Å²) >= 11 is 0. The second-order valence-corrected chi connectivity index (χ2v) is 20.5. The van der Waals surface area contributed by atoms with E-state index in [0.717, 1.165) is 28.1 Å². The fourth-order valence-corrected chi connectivity index (χ4v) is 13.4. The van der Waals surface area contributed by atoms with Crippen LogP contribution in [0.1, 0.15) is 41.6 Å². The quantitative estimate of drug-likeness (QED) is 0.133. The Morgan fingerprint density at radius 2 is 1.60 bits per heavy atom. The van der Waals surface area contributed by atoms with Crippen LogP contribution in [-0.4, -0.2) is 65.6 Å². The van der Waals surface area contributed by atoms with Crippen LogP contribution in [0, 0.1) is 5.92 Å². The standard InChI is InChI=1S/C46H49N5O6Si/c1-31-43(58(4,5)36-23-21-35(55-2)22-24-36)41(25-27-49-29-39(47-48-49)37(30-52)33-12-7-6-8-13-33)57-46(31)38-14-9-10-15-40(38)51(45(46)54)28-32-17-19-34(20-18-32)50-26-11-16-42(56-3)44(50)53/h6-24,26,29,31,37,41,43,52H,25,27-28,30H2,1-5H3/t31-,37?,41+,43-,46+/m1/s1. The number of aryl methyl sites for hydroxylation is 1. The number of methoxy groups -OCH3 is 2. The Morgan fingerprint density at radius 3 is 2.31 bits per heavy atom. The predicted molar refractivity (Wildman–Crippen MR) is 226 cm³/mol. The molecule has 8 rings (SSSR count). The van der Waals surface area contributed by atoms with Crippen LogP contribution >= 0.6 is 0 Å². The fourth-order valence-electron chi connectivity index (χ4n) is 9.37. The molecule has 298 valence electrons. The van der Waals surface area contributed by atoms with Gasteiger partial charge in [-0.1, -0.05) is 103 Å². The highest BCUT2D eigenvalue weighted by atomic mass is 28.3. The van der Waals surface area contributed by atoms with Crippen molar-refractivity contribution in [2.75, 3.05) is 25.7 Å². The molecule has 1 fully saturated rings. The highest BCUT2D eigenvalue weighted by Crippen LogP contribution is 2.60. The second kappa shape index (κ2) is 15.8. The van der Waals surface area contributed by atoms with Crippen molar-refractivity contribution >= 4 is 24.9 Å². The summed E-state index contributed by atoms with van der Waals surface area (Å²) in [5.74, 6) is 0.550. The highest BCUT2D eigenvalue weighted by Gasteiger charge is 2.66. The number of para-hydroxylation sites is 1. The summed E-state index contributed by atoms with van der Waals surface area (Å²) in [5.41, 5.74) is 3.64. The molecule has 1 amide bonds. The number of hydrogen-bond acceptors (Lipinski definition) is 8. The number of fused-ring (bicyclic) bond motifs is 2. The van der Waals surface area contributed by atoms with Crippen LogP contribution in [0.25, 0.3) is 5.69 Å². The van der Waals surface area contributed by atoms with Crippen LogP contribution in [0.15, 0.2) is 132 Å². The Hall–Kier alpha value is -5.82. The maximum absolute atomic E-state index is 15.3. The van der Waals surface area contributed by atoms with Gasteiger partial charge < -0.3 is 24.2 Å². The molecule has 58 heavy (non-hydrogen) atoms. The molecule has 2 aliphatic heterocycles. The van der Waals surface area contributed by atoms with Crippen molar-refractivity contribution in [1.29, 1.82) is 0 Å². The number of aromatic nitrogens is 4. The van der Waals surface area contributed by atoms with Crippen molar-refractivity contribution in [2.45, 2.75) is 62.7 Å². The maximum Gasteiger partial charge on any atom is 0.297 e. The number of carbonyl (C=O) groups is 1. The van der Waals surface area contributed by atoms with Crippen LogP contribution < -0.4 is 25.1 Å². The topological polar surface area (TPSA) is 121 Å². The number of benzene rings is 4. The van der Waals surface area contributed by atoms with Crippen LogP contribution in [0.5, 0.6) is 11.5 Å². The molecule has 1 spiro atoms. The van der Waals surface area contributed by atoms with Gasteiger partial charge in [0.15, 0.2) is 11.4 Å². The first-order valence-corrected chi connectivity index (χ1v) is 22.8. The van der Waals surface area contributed by atoms with Crippen molar-refractivity contribution in [3.05, 3.63) is 160 Å². The molecule has 6 aromatic rings. The van der Waals surface area contributed by atoms with Gasteiger partial charge >= 0.3 is 0 Å². The molecule has 11 nitrogen and oxygen atoms in total. The van der Waals surface area contributed by atoms with Gasteiger partial charge in [0.25, 0.3) is 11.5 Å². The minimum Gasteiger partial charge on any atom is -0.497 e. The molecule has 0 aliphatic carbocycles. The maximum atomic E-state index is 15.3. The van der Waals surface area contributed by atoms with Crippen LogP contribution in [0.4, 0.5) is 5.69 Å². The first kappa shape index (κ1) is 39.0. The summed E-state index contributed by atoms with van der Waals surface area (Å²) < 4.78 is 21.5. The van der Waals surface area contributed by atoms with Crippen LogP contribution in [0.3, 0.4) is 0 Å². The van der Waals surface area contributed by atoms with Gasteiger partial charge in [-0.05, 0) is 65.6 Å². The third-order valence-electron chi connectivity index (χ3n) is 12.4. The average molecular weight is 796 g/mol. The zero-order chi connectivity index (χ0) is 40.6. The molecule has 0 bridgehead atoms. The Bertz CT molecular complexity index is 2450. The van der Waals surface area contributed by atoms with Crippen LogP contribution in [-0.2, 0) is 28.2 Å². The number of anilines is 1. The number of aliphatic hydroxyl groups excluding tert-OH is 1. The Morgan fingerprint density at radius 1 is 0.879 bits per heavy atom. The van der Waals surface area contributed by atoms with Crippen LogP contribution in [0.2, 0.25) is 18.6 Å². The molecule has 4 aromatic carbocycles. The third-order valence-corrected chi connectivity index (χ3v) is 16.7. The first-order chi connectivity index (χ1) is 28.1. The van der Waals surface area contributed by atoms with E-state index >= 15 is 4.79 Å². The van der Waals surface area contributed by atoms with E-state index in [0.29, 0.717) is 30.9 Å². The van der Waals surface area contributed by atoms with E-state index in [1.165, 1.54) is 12.3 Å². The van der Waals surface area contributed by atoms with Gasteiger partial charge in [-0.3, -0.25) is 18.8 Å². The molecule has 2 aliphatic rings. The van der Waals surface area contributed by atoms with Gasteiger partial charge in [0.05, 0.1) is 58.8 Å². The molecule has 5 atom stereocenters. The lowest BCUT2D eigenvalue weighted by Gasteiger charge is -2.37. The fraction of sp³-hybridized carbons (Fsp3) is 0.304. The molecular formula is C46H49N5O6Si. The highest BCUT2D eigenvalue weighted by molar-refractivity contribution is 6.91. The molecule has 0 radical (unpaired) electrons. The molecule has 4 heterocycles. The first-order valence-electron chi connectivity index (χ1n) is 19.7. The Kier molecular flexibility index (Phi) is 10.7. The lowest BCUT2D eigenvalue weighted by Crippen LogP contribution is -2.51. The number of hydrogen-bond donors (Lipinski definition) is 1. The largest absolute Gasteiger partial charge is 0.497 e. The van der Waals surface area contributed by atoms with Crippen molar-refractivity contribution in [3.63, 3.8) is 0 Å². The number of amides is 1.